The highest BCUT2D eigenvalue weighted by atomic mass is 16.1. The number of nitrogens with two attached hydrogens (primary N) is 2. The number of amides is 1. The lowest BCUT2D eigenvalue weighted by Gasteiger charge is -2.21. The molecule has 0 aliphatic heterocycles. The topological polar surface area (TPSA) is 81.1 Å². The summed E-state index contributed by atoms with van der Waals surface area (Å²) in [5.74, 6) is 0.640. The van der Waals surface area contributed by atoms with Crippen molar-refractivity contribution in [2.45, 2.75) is 20.3 Å². The first-order valence-corrected chi connectivity index (χ1v) is 6.34. The fourth-order valence-electron chi connectivity index (χ4n) is 1.87. The minimum Gasteiger partial charge on any atom is -0.384 e. The van der Waals surface area contributed by atoms with Crippen molar-refractivity contribution in [3.63, 3.8) is 0 Å². The molecule has 1 aromatic rings. The summed E-state index contributed by atoms with van der Waals surface area (Å²) in [4.78, 5) is 11.0. The molecule has 18 heavy (non-hydrogen) atoms. The number of hydrogen-bond acceptors (Lipinski definition) is 3. The Kier molecular flexibility index (Phi) is 5.65. The molecule has 0 aromatic heterocycles. The Labute approximate surface area is 109 Å². The van der Waals surface area contributed by atoms with E-state index in [4.69, 9.17) is 11.5 Å². The maximum Gasteiger partial charge on any atom is 0.221 e. The highest BCUT2D eigenvalue weighted by Crippen LogP contribution is 2.17. The summed E-state index contributed by atoms with van der Waals surface area (Å²) in [6.07, 6.45) is 0.262. The normalized spacial score (nSPS) is 12.4. The van der Waals surface area contributed by atoms with Crippen molar-refractivity contribution in [3.05, 3.63) is 29.8 Å². The third-order valence-electron chi connectivity index (χ3n) is 3.18. The zero-order chi connectivity index (χ0) is 13.5. The van der Waals surface area contributed by atoms with E-state index in [1.807, 2.05) is 24.3 Å². The second kappa shape index (κ2) is 7.01. The summed E-state index contributed by atoms with van der Waals surface area (Å²) >= 11 is 0. The summed E-state index contributed by atoms with van der Waals surface area (Å²) in [6.45, 7) is 5.79. The molecule has 100 valence electrons. The average Bonchev–Trinajstić information content (AvgIpc) is 2.30. The SMILES string of the molecule is CC(C)C(CN)CNc1ccccc1CC(N)=O. The Morgan fingerprint density at radius 3 is 2.56 bits per heavy atom. The Morgan fingerprint density at radius 2 is 2.00 bits per heavy atom. The van der Waals surface area contributed by atoms with Crippen LogP contribution in [0.1, 0.15) is 19.4 Å². The number of hydrogen-bond donors (Lipinski definition) is 3. The summed E-state index contributed by atoms with van der Waals surface area (Å²) in [7, 11) is 0. The predicted molar refractivity (Wildman–Crippen MR) is 75.2 cm³/mol. The smallest absolute Gasteiger partial charge is 0.221 e. The van der Waals surface area contributed by atoms with Crippen molar-refractivity contribution in [2.24, 2.45) is 23.3 Å². The van der Waals surface area contributed by atoms with Crippen LogP contribution in [0.3, 0.4) is 0 Å². The fourth-order valence-corrected chi connectivity index (χ4v) is 1.87. The van der Waals surface area contributed by atoms with Crippen LogP contribution in [-0.2, 0) is 11.2 Å². The Hall–Kier alpha value is -1.55. The number of rotatable bonds is 7. The van der Waals surface area contributed by atoms with Gasteiger partial charge in [0.15, 0.2) is 0 Å². The predicted octanol–water partition coefficient (Wildman–Crippen LogP) is 1.36. The number of primary amides is 1. The van der Waals surface area contributed by atoms with E-state index in [9.17, 15) is 4.79 Å². The minimum absolute atomic E-state index is 0.262. The molecular formula is C14H23N3O. The van der Waals surface area contributed by atoms with Crippen molar-refractivity contribution in [1.29, 1.82) is 0 Å². The lowest BCUT2D eigenvalue weighted by atomic mass is 9.96. The molecular weight excluding hydrogens is 226 g/mol. The van der Waals surface area contributed by atoms with E-state index in [-0.39, 0.29) is 12.3 Å². The van der Waals surface area contributed by atoms with Gasteiger partial charge in [-0.05, 0) is 30.0 Å². The van der Waals surface area contributed by atoms with E-state index in [2.05, 4.69) is 19.2 Å². The van der Waals surface area contributed by atoms with E-state index in [1.165, 1.54) is 0 Å². The van der Waals surface area contributed by atoms with Crippen molar-refractivity contribution < 1.29 is 4.79 Å². The Balaban J connectivity index is 2.69. The molecule has 5 N–H and O–H groups in total. The molecule has 0 saturated heterocycles. The van der Waals surface area contributed by atoms with Crippen molar-refractivity contribution >= 4 is 11.6 Å². The molecule has 0 heterocycles. The maximum absolute atomic E-state index is 11.0. The molecule has 1 amide bonds. The quantitative estimate of drug-likeness (QED) is 0.682. The molecule has 0 saturated carbocycles. The van der Waals surface area contributed by atoms with Gasteiger partial charge in [-0.15, -0.1) is 0 Å². The average molecular weight is 249 g/mol. The Morgan fingerprint density at radius 1 is 1.33 bits per heavy atom. The van der Waals surface area contributed by atoms with Crippen LogP contribution < -0.4 is 16.8 Å². The van der Waals surface area contributed by atoms with Crippen LogP contribution in [-0.4, -0.2) is 19.0 Å². The van der Waals surface area contributed by atoms with Gasteiger partial charge >= 0.3 is 0 Å². The van der Waals surface area contributed by atoms with E-state index >= 15 is 0 Å². The Bertz CT molecular complexity index is 390. The maximum atomic E-state index is 11.0. The fraction of sp³-hybridized carbons (Fsp3) is 0.500. The van der Waals surface area contributed by atoms with Gasteiger partial charge in [-0.2, -0.15) is 0 Å². The number of anilines is 1. The lowest BCUT2D eigenvalue weighted by molar-refractivity contribution is -0.117. The number of carbonyl (C=O) groups excluding carboxylic acids is 1. The van der Waals surface area contributed by atoms with Gasteiger partial charge in [0.1, 0.15) is 0 Å². The third-order valence-corrected chi connectivity index (χ3v) is 3.18. The molecule has 0 spiro atoms. The molecule has 0 radical (unpaired) electrons. The van der Waals surface area contributed by atoms with E-state index in [0.717, 1.165) is 17.8 Å². The summed E-state index contributed by atoms with van der Waals surface area (Å²) in [5, 5.41) is 3.36. The first kappa shape index (κ1) is 14.5. The van der Waals surface area contributed by atoms with Gasteiger partial charge in [-0.25, -0.2) is 0 Å². The van der Waals surface area contributed by atoms with Gasteiger partial charge in [0, 0.05) is 12.2 Å². The molecule has 0 aliphatic carbocycles. The zero-order valence-corrected chi connectivity index (χ0v) is 11.1. The number of benzene rings is 1. The monoisotopic (exact) mass is 249 g/mol. The van der Waals surface area contributed by atoms with E-state index in [0.29, 0.717) is 18.4 Å². The minimum atomic E-state index is -0.316. The van der Waals surface area contributed by atoms with Gasteiger partial charge in [0.25, 0.3) is 0 Å². The standard InChI is InChI=1S/C14H23N3O/c1-10(2)12(8-15)9-17-13-6-4-3-5-11(13)7-14(16)18/h3-6,10,12,17H,7-9,15H2,1-2H3,(H2,16,18). The third kappa shape index (κ3) is 4.37. The second-order valence-corrected chi connectivity index (χ2v) is 4.92. The number of carbonyl (C=O) groups is 1. The highest BCUT2D eigenvalue weighted by Gasteiger charge is 2.12. The van der Waals surface area contributed by atoms with E-state index in [1.54, 1.807) is 0 Å². The van der Waals surface area contributed by atoms with Crippen LogP contribution >= 0.6 is 0 Å². The van der Waals surface area contributed by atoms with Crippen LogP contribution in [0, 0.1) is 11.8 Å². The molecule has 4 nitrogen and oxygen atoms in total. The lowest BCUT2D eigenvalue weighted by Crippen LogP contribution is -2.27. The van der Waals surface area contributed by atoms with Crippen LogP contribution in [0.4, 0.5) is 5.69 Å². The molecule has 1 rings (SSSR count). The van der Waals surface area contributed by atoms with Crippen LogP contribution in [0.25, 0.3) is 0 Å². The van der Waals surface area contributed by atoms with Crippen LogP contribution in [0.5, 0.6) is 0 Å². The molecule has 0 fully saturated rings. The second-order valence-electron chi connectivity index (χ2n) is 4.92. The molecule has 0 aliphatic rings. The van der Waals surface area contributed by atoms with Gasteiger partial charge in [-0.3, -0.25) is 4.79 Å². The first-order valence-electron chi connectivity index (χ1n) is 6.34. The molecule has 1 aromatic carbocycles. The zero-order valence-electron chi connectivity index (χ0n) is 11.1. The molecule has 4 heteroatoms. The summed E-state index contributed by atoms with van der Waals surface area (Å²) < 4.78 is 0. The van der Waals surface area contributed by atoms with Crippen molar-refractivity contribution in [3.8, 4) is 0 Å². The largest absolute Gasteiger partial charge is 0.384 e. The summed E-state index contributed by atoms with van der Waals surface area (Å²) in [6, 6.07) is 7.73. The van der Waals surface area contributed by atoms with Crippen molar-refractivity contribution in [2.75, 3.05) is 18.4 Å². The molecule has 0 bridgehead atoms. The molecule has 1 atom stereocenters. The first-order chi connectivity index (χ1) is 8.54. The highest BCUT2D eigenvalue weighted by molar-refractivity contribution is 5.78. The number of nitrogens with one attached hydrogen (secondary N) is 1. The van der Waals surface area contributed by atoms with E-state index < -0.39 is 0 Å². The van der Waals surface area contributed by atoms with Gasteiger partial charge in [-0.1, -0.05) is 32.0 Å². The van der Waals surface area contributed by atoms with Crippen LogP contribution in [0.15, 0.2) is 24.3 Å². The number of para-hydroxylation sites is 1. The molecule has 1 unspecified atom stereocenters. The van der Waals surface area contributed by atoms with Crippen molar-refractivity contribution in [1.82, 2.24) is 0 Å². The van der Waals surface area contributed by atoms with Gasteiger partial charge < -0.3 is 16.8 Å². The van der Waals surface area contributed by atoms with Crippen LogP contribution in [0.2, 0.25) is 0 Å². The van der Waals surface area contributed by atoms with Gasteiger partial charge in [0.2, 0.25) is 5.91 Å². The summed E-state index contributed by atoms with van der Waals surface area (Å²) in [5.41, 5.74) is 12.9. The van der Waals surface area contributed by atoms with Gasteiger partial charge in [0.05, 0.1) is 6.42 Å².